The fourth-order valence-corrected chi connectivity index (χ4v) is 3.85. The molecule has 2 aromatic carbocycles. The zero-order chi connectivity index (χ0) is 19.6. The van der Waals surface area contributed by atoms with Crippen molar-refractivity contribution in [2.24, 2.45) is 0 Å². The molecule has 0 fully saturated rings. The number of aryl methyl sites for hydroxylation is 1. The first-order valence-corrected chi connectivity index (χ1v) is 9.55. The molecular weight excluding hydrogens is 362 g/mol. The second-order valence-electron chi connectivity index (χ2n) is 5.99. The van der Waals surface area contributed by atoms with Crippen molar-refractivity contribution in [3.8, 4) is 11.5 Å². The number of carbonyl (C=O) groups is 2. The van der Waals surface area contributed by atoms with Gasteiger partial charge in [-0.05, 0) is 48.1 Å². The minimum atomic E-state index is -0.343. The number of hydrogen-bond acceptors (Lipinski definition) is 5. The van der Waals surface area contributed by atoms with Crippen molar-refractivity contribution in [3.63, 3.8) is 0 Å². The quantitative estimate of drug-likeness (QED) is 0.705. The summed E-state index contributed by atoms with van der Waals surface area (Å²) in [4.78, 5) is 28.1. The molecule has 2 aromatic rings. The Balaban J connectivity index is 2.11. The number of anilines is 1. The number of nitrogens with zero attached hydrogens (tertiary/aromatic N) is 1. The second kappa shape index (κ2) is 7.88. The SMILES string of the molecule is CCSC1=C(c2ccc(OC)cc2)C(=O)N(c2cc(C)ccc2OC)C1=O. The van der Waals surface area contributed by atoms with Gasteiger partial charge in [-0.15, -0.1) is 11.8 Å². The third-order valence-corrected chi connectivity index (χ3v) is 5.24. The summed E-state index contributed by atoms with van der Waals surface area (Å²) in [5.41, 5.74) is 2.51. The highest BCUT2D eigenvalue weighted by Gasteiger charge is 2.41. The van der Waals surface area contributed by atoms with Crippen LogP contribution in [0.2, 0.25) is 0 Å². The van der Waals surface area contributed by atoms with E-state index in [4.69, 9.17) is 9.47 Å². The lowest BCUT2D eigenvalue weighted by atomic mass is 10.1. The van der Waals surface area contributed by atoms with Crippen molar-refractivity contribution in [1.82, 2.24) is 0 Å². The molecule has 0 saturated carbocycles. The van der Waals surface area contributed by atoms with Crippen molar-refractivity contribution in [2.75, 3.05) is 24.9 Å². The van der Waals surface area contributed by atoms with Gasteiger partial charge in [0.1, 0.15) is 11.5 Å². The van der Waals surface area contributed by atoms with E-state index in [1.165, 1.54) is 23.8 Å². The Bertz CT molecular complexity index is 918. The van der Waals surface area contributed by atoms with E-state index < -0.39 is 0 Å². The maximum atomic E-state index is 13.3. The average Bonchev–Trinajstić information content (AvgIpc) is 2.92. The van der Waals surface area contributed by atoms with Crippen LogP contribution in [0.25, 0.3) is 5.57 Å². The molecule has 0 unspecified atom stereocenters. The Kier molecular flexibility index (Phi) is 5.56. The number of benzene rings is 2. The summed E-state index contributed by atoms with van der Waals surface area (Å²) in [5.74, 6) is 1.20. The minimum Gasteiger partial charge on any atom is -0.497 e. The van der Waals surface area contributed by atoms with Crippen LogP contribution in [0, 0.1) is 6.92 Å². The molecule has 6 heteroatoms. The van der Waals surface area contributed by atoms with Crippen molar-refractivity contribution in [2.45, 2.75) is 13.8 Å². The second-order valence-corrected chi connectivity index (χ2v) is 7.26. The number of rotatable bonds is 6. The first-order chi connectivity index (χ1) is 13.0. The number of imide groups is 1. The first kappa shape index (κ1) is 19.0. The smallest absolute Gasteiger partial charge is 0.272 e. The van der Waals surface area contributed by atoms with Crippen molar-refractivity contribution >= 4 is 34.8 Å². The molecule has 0 spiro atoms. The van der Waals surface area contributed by atoms with E-state index in [1.807, 2.05) is 19.9 Å². The highest BCUT2D eigenvalue weighted by atomic mass is 32.2. The van der Waals surface area contributed by atoms with E-state index in [0.717, 1.165) is 5.56 Å². The van der Waals surface area contributed by atoms with Gasteiger partial charge in [-0.2, -0.15) is 0 Å². The molecule has 27 heavy (non-hydrogen) atoms. The number of carbonyl (C=O) groups excluding carboxylic acids is 2. The summed E-state index contributed by atoms with van der Waals surface area (Å²) in [5, 5.41) is 0. The average molecular weight is 383 g/mol. The Morgan fingerprint density at radius 3 is 2.26 bits per heavy atom. The van der Waals surface area contributed by atoms with Crippen LogP contribution in [-0.4, -0.2) is 31.8 Å². The summed E-state index contributed by atoms with van der Waals surface area (Å²) in [7, 11) is 3.11. The molecule has 0 aliphatic carbocycles. The van der Waals surface area contributed by atoms with Crippen LogP contribution >= 0.6 is 11.8 Å². The van der Waals surface area contributed by atoms with Crippen LogP contribution in [0.5, 0.6) is 11.5 Å². The lowest BCUT2D eigenvalue weighted by molar-refractivity contribution is -0.119. The number of thioether (sulfide) groups is 1. The molecule has 1 heterocycles. The standard InChI is InChI=1S/C21H21NO4S/c1-5-27-19-18(14-7-9-15(25-3)10-8-14)20(23)22(21(19)24)16-12-13(2)6-11-17(16)26-4/h6-12H,5H2,1-4H3. The third-order valence-electron chi connectivity index (χ3n) is 4.28. The molecule has 1 aliphatic heterocycles. The third kappa shape index (κ3) is 3.45. The summed E-state index contributed by atoms with van der Waals surface area (Å²) in [6, 6.07) is 12.6. The van der Waals surface area contributed by atoms with Gasteiger partial charge in [0.15, 0.2) is 0 Å². The lowest BCUT2D eigenvalue weighted by Gasteiger charge is -2.19. The van der Waals surface area contributed by atoms with E-state index in [9.17, 15) is 9.59 Å². The number of ether oxygens (including phenoxy) is 2. The number of amides is 2. The number of methoxy groups -OCH3 is 2. The summed E-state index contributed by atoms with van der Waals surface area (Å²) in [6.45, 7) is 3.87. The van der Waals surface area contributed by atoms with Gasteiger partial charge in [-0.3, -0.25) is 9.59 Å². The fraction of sp³-hybridized carbons (Fsp3) is 0.238. The molecule has 140 valence electrons. The molecule has 0 saturated heterocycles. The van der Waals surface area contributed by atoms with E-state index in [-0.39, 0.29) is 11.8 Å². The predicted molar refractivity (Wildman–Crippen MR) is 108 cm³/mol. The van der Waals surface area contributed by atoms with Crippen molar-refractivity contribution < 1.29 is 19.1 Å². The summed E-state index contributed by atoms with van der Waals surface area (Å²) in [6.07, 6.45) is 0. The molecule has 5 nitrogen and oxygen atoms in total. The van der Waals surface area contributed by atoms with Crippen LogP contribution in [0.1, 0.15) is 18.1 Å². The van der Waals surface area contributed by atoms with Gasteiger partial charge >= 0.3 is 0 Å². The first-order valence-electron chi connectivity index (χ1n) is 8.56. The van der Waals surface area contributed by atoms with Gasteiger partial charge < -0.3 is 9.47 Å². The van der Waals surface area contributed by atoms with Crippen LogP contribution in [0.15, 0.2) is 47.4 Å². The Hall–Kier alpha value is -2.73. The fourth-order valence-electron chi connectivity index (χ4n) is 2.99. The molecule has 0 bridgehead atoms. The van der Waals surface area contributed by atoms with Crippen LogP contribution < -0.4 is 14.4 Å². The highest BCUT2D eigenvalue weighted by Crippen LogP contribution is 2.41. The molecule has 0 N–H and O–H groups in total. The van der Waals surface area contributed by atoms with E-state index >= 15 is 0 Å². The van der Waals surface area contributed by atoms with Crippen LogP contribution in [0.4, 0.5) is 5.69 Å². The lowest BCUT2D eigenvalue weighted by Crippen LogP contribution is -2.31. The maximum Gasteiger partial charge on any atom is 0.272 e. The molecular formula is C21H21NO4S. The zero-order valence-corrected chi connectivity index (χ0v) is 16.6. The largest absolute Gasteiger partial charge is 0.497 e. The zero-order valence-electron chi connectivity index (χ0n) is 15.7. The Morgan fingerprint density at radius 2 is 1.67 bits per heavy atom. The maximum absolute atomic E-state index is 13.3. The molecule has 0 atom stereocenters. The molecule has 2 amide bonds. The van der Waals surface area contributed by atoms with Crippen molar-refractivity contribution in [1.29, 1.82) is 0 Å². The van der Waals surface area contributed by atoms with E-state index in [1.54, 1.807) is 43.5 Å². The monoisotopic (exact) mass is 383 g/mol. The summed E-state index contributed by atoms with van der Waals surface area (Å²) < 4.78 is 10.6. The Labute approximate surface area is 163 Å². The normalized spacial score (nSPS) is 14.1. The predicted octanol–water partition coefficient (Wildman–Crippen LogP) is 4.05. The molecule has 0 aromatic heterocycles. The van der Waals surface area contributed by atoms with Gasteiger partial charge in [0.2, 0.25) is 0 Å². The molecule has 0 radical (unpaired) electrons. The summed E-state index contributed by atoms with van der Waals surface area (Å²) >= 11 is 1.38. The van der Waals surface area contributed by atoms with Gasteiger partial charge in [0.25, 0.3) is 11.8 Å². The van der Waals surface area contributed by atoms with E-state index in [0.29, 0.717) is 39.0 Å². The molecule has 3 rings (SSSR count). The van der Waals surface area contributed by atoms with E-state index in [2.05, 4.69) is 0 Å². The van der Waals surface area contributed by atoms with Crippen molar-refractivity contribution in [3.05, 3.63) is 58.5 Å². The van der Waals surface area contributed by atoms with Gasteiger partial charge in [0.05, 0.1) is 30.4 Å². The Morgan fingerprint density at radius 1 is 0.963 bits per heavy atom. The van der Waals surface area contributed by atoms with Gasteiger partial charge in [-0.1, -0.05) is 25.1 Å². The molecule has 1 aliphatic rings. The van der Waals surface area contributed by atoms with Gasteiger partial charge in [-0.25, -0.2) is 4.90 Å². The van der Waals surface area contributed by atoms with Crippen LogP contribution in [-0.2, 0) is 9.59 Å². The van der Waals surface area contributed by atoms with Gasteiger partial charge in [0, 0.05) is 0 Å². The van der Waals surface area contributed by atoms with Crippen LogP contribution in [0.3, 0.4) is 0 Å². The number of hydrogen-bond donors (Lipinski definition) is 0. The minimum absolute atomic E-state index is 0.318. The highest BCUT2D eigenvalue weighted by molar-refractivity contribution is 8.04. The topological polar surface area (TPSA) is 55.8 Å².